The number of fused-ring (bicyclic) bond motifs is 1. The first-order valence-electron chi connectivity index (χ1n) is 7.18. The summed E-state index contributed by atoms with van der Waals surface area (Å²) in [7, 11) is 0. The van der Waals surface area contributed by atoms with Crippen LogP contribution in [0.4, 0.5) is 5.95 Å². The van der Waals surface area contributed by atoms with E-state index in [2.05, 4.69) is 25.8 Å². The van der Waals surface area contributed by atoms with Crippen LogP contribution in [0.15, 0.2) is 30.3 Å². The highest BCUT2D eigenvalue weighted by Gasteiger charge is 2.28. The topological polar surface area (TPSA) is 85.6 Å². The fourth-order valence-electron chi connectivity index (χ4n) is 2.45. The summed E-state index contributed by atoms with van der Waals surface area (Å²) >= 11 is 0. The number of hydrogen-bond donors (Lipinski definition) is 1. The van der Waals surface area contributed by atoms with Gasteiger partial charge in [0.2, 0.25) is 5.95 Å². The molecule has 4 rings (SSSR count). The van der Waals surface area contributed by atoms with Crippen LogP contribution in [0.5, 0.6) is 0 Å². The second kappa shape index (κ2) is 4.87. The molecule has 0 unspecified atom stereocenters. The largest absolute Gasteiger partial charge is 0.288 e. The number of benzene rings is 1. The lowest BCUT2D eigenvalue weighted by Crippen LogP contribution is -2.18. The SMILES string of the molecule is Cc1cc2ccccc2nc1C(=O)Nc1nnnn1C1CC1. The van der Waals surface area contributed by atoms with Gasteiger partial charge >= 0.3 is 0 Å². The summed E-state index contributed by atoms with van der Waals surface area (Å²) in [5.41, 5.74) is 2.01. The van der Waals surface area contributed by atoms with Crippen LogP contribution in [0.1, 0.15) is 34.9 Å². The third-order valence-corrected chi connectivity index (χ3v) is 3.74. The van der Waals surface area contributed by atoms with E-state index in [1.165, 1.54) is 0 Å². The number of hydrogen-bond acceptors (Lipinski definition) is 5. The molecule has 1 aromatic carbocycles. The minimum absolute atomic E-state index is 0.292. The summed E-state index contributed by atoms with van der Waals surface area (Å²) in [6.07, 6.45) is 2.09. The van der Waals surface area contributed by atoms with Crippen molar-refractivity contribution in [2.24, 2.45) is 0 Å². The minimum atomic E-state index is -0.292. The molecule has 0 saturated heterocycles. The van der Waals surface area contributed by atoms with Crippen molar-refractivity contribution < 1.29 is 4.79 Å². The Labute approximate surface area is 126 Å². The maximum atomic E-state index is 12.5. The zero-order chi connectivity index (χ0) is 15.1. The Bertz CT molecular complexity index is 867. The number of carbonyl (C=O) groups excluding carboxylic acids is 1. The number of aryl methyl sites for hydroxylation is 1. The third kappa shape index (κ3) is 2.20. The summed E-state index contributed by atoms with van der Waals surface area (Å²) in [5.74, 6) is 0.0850. The fourth-order valence-corrected chi connectivity index (χ4v) is 2.45. The van der Waals surface area contributed by atoms with E-state index in [-0.39, 0.29) is 5.91 Å². The van der Waals surface area contributed by atoms with Crippen molar-refractivity contribution in [1.82, 2.24) is 25.2 Å². The molecule has 1 amide bonds. The maximum Gasteiger partial charge on any atom is 0.276 e. The minimum Gasteiger partial charge on any atom is -0.288 e. The van der Waals surface area contributed by atoms with Crippen molar-refractivity contribution in [2.45, 2.75) is 25.8 Å². The Morgan fingerprint density at radius 2 is 2.14 bits per heavy atom. The second-order valence-electron chi connectivity index (χ2n) is 5.48. The zero-order valence-electron chi connectivity index (χ0n) is 12.0. The zero-order valence-corrected chi connectivity index (χ0v) is 12.0. The Balaban J connectivity index is 1.67. The summed E-state index contributed by atoms with van der Waals surface area (Å²) in [4.78, 5) is 16.9. The second-order valence-corrected chi connectivity index (χ2v) is 5.48. The van der Waals surface area contributed by atoms with Gasteiger partial charge in [-0.1, -0.05) is 23.3 Å². The van der Waals surface area contributed by atoms with Gasteiger partial charge in [-0.25, -0.2) is 9.67 Å². The third-order valence-electron chi connectivity index (χ3n) is 3.74. The Morgan fingerprint density at radius 3 is 2.95 bits per heavy atom. The number of para-hydroxylation sites is 1. The van der Waals surface area contributed by atoms with Crippen LogP contribution < -0.4 is 5.32 Å². The lowest BCUT2D eigenvalue weighted by molar-refractivity contribution is 0.102. The lowest BCUT2D eigenvalue weighted by atomic mass is 10.1. The van der Waals surface area contributed by atoms with Gasteiger partial charge in [-0.15, -0.1) is 0 Å². The molecule has 0 aliphatic heterocycles. The van der Waals surface area contributed by atoms with Gasteiger partial charge in [-0.3, -0.25) is 10.1 Å². The molecule has 1 aliphatic rings. The summed E-state index contributed by atoms with van der Waals surface area (Å²) in [6, 6.07) is 9.98. The van der Waals surface area contributed by atoms with Gasteiger partial charge < -0.3 is 0 Å². The Hall–Kier alpha value is -2.83. The molecule has 1 saturated carbocycles. The molecular weight excluding hydrogens is 280 g/mol. The quantitative estimate of drug-likeness (QED) is 0.799. The highest BCUT2D eigenvalue weighted by Crippen LogP contribution is 2.35. The van der Waals surface area contributed by atoms with Crippen LogP contribution in [-0.2, 0) is 0 Å². The summed E-state index contributed by atoms with van der Waals surface area (Å²) in [6.45, 7) is 1.87. The van der Waals surface area contributed by atoms with Crippen LogP contribution >= 0.6 is 0 Å². The number of rotatable bonds is 3. The van der Waals surface area contributed by atoms with Crippen molar-refractivity contribution in [3.05, 3.63) is 41.6 Å². The van der Waals surface area contributed by atoms with Gasteiger partial charge in [0, 0.05) is 5.39 Å². The predicted molar refractivity (Wildman–Crippen MR) is 80.5 cm³/mol. The van der Waals surface area contributed by atoms with Crippen molar-refractivity contribution in [1.29, 1.82) is 0 Å². The van der Waals surface area contributed by atoms with Gasteiger partial charge in [0.15, 0.2) is 0 Å². The predicted octanol–water partition coefficient (Wildman–Crippen LogP) is 2.12. The first-order chi connectivity index (χ1) is 10.7. The van der Waals surface area contributed by atoms with Crippen molar-refractivity contribution in [3.63, 3.8) is 0 Å². The molecule has 0 bridgehead atoms. The van der Waals surface area contributed by atoms with Crippen LogP contribution in [0.2, 0.25) is 0 Å². The first-order valence-corrected chi connectivity index (χ1v) is 7.18. The van der Waals surface area contributed by atoms with Gasteiger partial charge in [-0.2, -0.15) is 0 Å². The average Bonchev–Trinajstić information content (AvgIpc) is 3.26. The van der Waals surface area contributed by atoms with E-state index in [1.54, 1.807) is 4.68 Å². The molecule has 0 radical (unpaired) electrons. The van der Waals surface area contributed by atoms with E-state index in [0.717, 1.165) is 29.3 Å². The highest BCUT2D eigenvalue weighted by atomic mass is 16.2. The molecule has 0 atom stereocenters. The van der Waals surface area contributed by atoms with Crippen molar-refractivity contribution in [2.75, 3.05) is 5.32 Å². The van der Waals surface area contributed by atoms with Crippen molar-refractivity contribution >= 4 is 22.8 Å². The molecule has 1 N–H and O–H groups in total. The number of nitrogens with zero attached hydrogens (tertiary/aromatic N) is 5. The first kappa shape index (κ1) is 12.9. The average molecular weight is 294 g/mol. The smallest absolute Gasteiger partial charge is 0.276 e. The van der Waals surface area contributed by atoms with E-state index in [1.807, 2.05) is 37.3 Å². The molecule has 3 aromatic rings. The van der Waals surface area contributed by atoms with Crippen LogP contribution in [0, 0.1) is 6.92 Å². The molecule has 1 fully saturated rings. The molecule has 7 heteroatoms. The normalized spacial score (nSPS) is 14.2. The van der Waals surface area contributed by atoms with Crippen LogP contribution in [0.3, 0.4) is 0 Å². The fraction of sp³-hybridized carbons (Fsp3) is 0.267. The maximum absolute atomic E-state index is 12.5. The van der Waals surface area contributed by atoms with Gasteiger partial charge in [0.1, 0.15) is 5.69 Å². The number of aromatic nitrogens is 5. The molecule has 2 aromatic heterocycles. The molecule has 7 nitrogen and oxygen atoms in total. The van der Waals surface area contributed by atoms with E-state index in [9.17, 15) is 4.79 Å². The Morgan fingerprint density at radius 1 is 1.32 bits per heavy atom. The number of amides is 1. The lowest BCUT2D eigenvalue weighted by Gasteiger charge is -2.08. The molecule has 110 valence electrons. The van der Waals surface area contributed by atoms with Gasteiger partial charge in [-0.05, 0) is 47.9 Å². The molecule has 1 aliphatic carbocycles. The van der Waals surface area contributed by atoms with Gasteiger partial charge in [0.05, 0.1) is 11.6 Å². The molecule has 22 heavy (non-hydrogen) atoms. The molecule has 0 spiro atoms. The number of pyridine rings is 1. The van der Waals surface area contributed by atoms with E-state index in [0.29, 0.717) is 17.7 Å². The number of carbonyl (C=O) groups is 1. The number of anilines is 1. The van der Waals surface area contributed by atoms with Crippen LogP contribution in [-0.4, -0.2) is 31.1 Å². The Kier molecular flexibility index (Phi) is 2.85. The summed E-state index contributed by atoms with van der Waals surface area (Å²) in [5, 5.41) is 15.2. The highest BCUT2D eigenvalue weighted by molar-refractivity contribution is 6.04. The number of nitrogens with one attached hydrogen (secondary N) is 1. The standard InChI is InChI=1S/C15H14N6O/c1-9-8-10-4-2-3-5-12(10)16-13(9)14(22)17-15-18-19-20-21(15)11-6-7-11/h2-5,8,11H,6-7H2,1H3,(H,17,18,20,22). The number of tetrazole rings is 1. The van der Waals surface area contributed by atoms with Crippen molar-refractivity contribution in [3.8, 4) is 0 Å². The molecule has 2 heterocycles. The molecular formula is C15H14N6O. The summed E-state index contributed by atoms with van der Waals surface area (Å²) < 4.78 is 1.66. The monoisotopic (exact) mass is 294 g/mol. The van der Waals surface area contributed by atoms with Crippen LogP contribution in [0.25, 0.3) is 10.9 Å². The van der Waals surface area contributed by atoms with E-state index < -0.39 is 0 Å². The van der Waals surface area contributed by atoms with E-state index in [4.69, 9.17) is 0 Å². The van der Waals surface area contributed by atoms with Gasteiger partial charge in [0.25, 0.3) is 5.91 Å². The van der Waals surface area contributed by atoms with E-state index >= 15 is 0 Å².